The normalized spacial score (nSPS) is 42.3. The molecule has 0 aliphatic carbocycles. The van der Waals surface area contributed by atoms with Crippen LogP contribution in [0.25, 0.3) is 0 Å². The Bertz CT molecular complexity index is 903. The van der Waals surface area contributed by atoms with E-state index in [4.69, 9.17) is 24.3 Å². The number of aliphatic hydroxyl groups excluding tert-OH is 3. The number of aliphatic imine (C=N–C) groups is 2. The highest BCUT2D eigenvalue weighted by Crippen LogP contribution is 2.51. The molecule has 16 nitrogen and oxygen atoms in total. The van der Waals surface area contributed by atoms with Gasteiger partial charge in [0.05, 0.1) is 31.1 Å². The van der Waals surface area contributed by atoms with Crippen LogP contribution in [-0.4, -0.2) is 117 Å². The smallest absolute Gasteiger partial charge is 0.475 e. The fourth-order valence-electron chi connectivity index (χ4n) is 4.02. The predicted molar refractivity (Wildman–Crippen MR) is 111 cm³/mol. The number of hydrogen-bond donors (Lipinski definition) is 7. The predicted octanol–water partition coefficient (Wildman–Crippen LogP) is -3.52. The average Bonchev–Trinajstić information content (AvgIpc) is 3.00. The monoisotopic (exact) mass is 510 g/mol. The highest BCUT2D eigenvalue weighted by molar-refractivity contribution is 7.47. The van der Waals surface area contributed by atoms with Crippen LogP contribution in [0, 0.1) is 0 Å². The molecule has 3 aliphatic heterocycles. The van der Waals surface area contributed by atoms with Gasteiger partial charge in [0.15, 0.2) is 6.04 Å². The van der Waals surface area contributed by atoms with Gasteiger partial charge < -0.3 is 45.8 Å². The first-order valence-electron chi connectivity index (χ1n) is 10.2. The van der Waals surface area contributed by atoms with Crippen molar-refractivity contribution in [1.29, 1.82) is 0 Å². The van der Waals surface area contributed by atoms with E-state index in [1.807, 2.05) is 0 Å². The van der Waals surface area contributed by atoms with E-state index in [0.717, 1.165) is 6.21 Å². The number of carboxylic acids is 1. The number of aliphatic carboxylic acids is 1. The van der Waals surface area contributed by atoms with Crippen LogP contribution in [0.2, 0.25) is 0 Å². The average molecular weight is 510 g/mol. The standard InChI is InChI=1S/C17H27N4O12P/c1-6-10(19-2)7(22)3-17(32-6,16(26)27)33-34(28,29)30-5-8-12(23)13(24)14(31-8)11-15(25)21-9(18)4-20-11/h4,6-8,10-14,19,22-24H,3,5H2,1-2H3,(H,26,27)(H,28,29)(H2,18,21,25)/t6?,7?,8-,10?,11?,12-,13-,14+,17?/m1/s1. The zero-order chi connectivity index (χ0) is 25.4. The molecule has 0 bridgehead atoms. The van der Waals surface area contributed by atoms with Gasteiger partial charge in [-0.2, -0.15) is 4.99 Å². The molecule has 6 unspecified atom stereocenters. The number of amides is 1. The minimum atomic E-state index is -5.18. The lowest BCUT2D eigenvalue weighted by Crippen LogP contribution is -2.61. The zero-order valence-electron chi connectivity index (χ0n) is 18.1. The zero-order valence-corrected chi connectivity index (χ0v) is 19.0. The molecule has 2 fully saturated rings. The molecule has 0 radical (unpaired) electrons. The largest absolute Gasteiger partial charge is 0.477 e. The first-order chi connectivity index (χ1) is 15.8. The van der Waals surface area contributed by atoms with Gasteiger partial charge in [-0.05, 0) is 14.0 Å². The summed E-state index contributed by atoms with van der Waals surface area (Å²) in [6.07, 6.45) is -7.90. The van der Waals surface area contributed by atoms with Crippen LogP contribution >= 0.6 is 7.82 Å². The van der Waals surface area contributed by atoms with Crippen LogP contribution in [0.3, 0.4) is 0 Å². The molecule has 0 spiro atoms. The van der Waals surface area contributed by atoms with Crippen molar-refractivity contribution in [3.05, 3.63) is 0 Å². The van der Waals surface area contributed by atoms with Gasteiger partial charge in [0.2, 0.25) is 0 Å². The van der Waals surface area contributed by atoms with Crippen molar-refractivity contribution in [2.75, 3.05) is 13.7 Å². The number of rotatable bonds is 8. The Labute approximate surface area is 193 Å². The fourth-order valence-corrected chi connectivity index (χ4v) is 4.98. The number of nitrogens with two attached hydrogens (primary N) is 1. The molecular weight excluding hydrogens is 483 g/mol. The molecule has 1 amide bonds. The molecule has 17 heteroatoms. The lowest BCUT2D eigenvalue weighted by atomic mass is 9.94. The van der Waals surface area contributed by atoms with E-state index in [9.17, 15) is 39.5 Å². The van der Waals surface area contributed by atoms with Crippen molar-refractivity contribution in [1.82, 2.24) is 5.32 Å². The van der Waals surface area contributed by atoms with Gasteiger partial charge in [0.1, 0.15) is 30.3 Å². The maximum atomic E-state index is 12.5. The van der Waals surface area contributed by atoms with Crippen LogP contribution in [0.1, 0.15) is 13.3 Å². The topological polar surface area (TPSA) is 252 Å². The minimum absolute atomic E-state index is 0.148. The summed E-state index contributed by atoms with van der Waals surface area (Å²) in [5, 5.41) is 43.1. The number of carbonyl (C=O) groups is 2. The van der Waals surface area contributed by atoms with Crippen molar-refractivity contribution in [3.63, 3.8) is 0 Å². The Morgan fingerprint density at radius 3 is 2.62 bits per heavy atom. The molecule has 0 aromatic rings. The van der Waals surface area contributed by atoms with Gasteiger partial charge in [-0.25, -0.2) is 13.9 Å². The SMILES string of the molecule is CNC1C(O)CC(OP(=O)(O)OC[C@H]2O[C@@H](C3N=CC(N)=NC3=O)[C@H](O)[C@@H]2O)(C(=O)O)OC1C. The van der Waals surface area contributed by atoms with Crippen molar-refractivity contribution >= 4 is 31.7 Å². The molecule has 34 heavy (non-hydrogen) atoms. The van der Waals surface area contributed by atoms with Crippen molar-refractivity contribution in [2.24, 2.45) is 15.7 Å². The van der Waals surface area contributed by atoms with Crippen LogP contribution in [0.5, 0.6) is 0 Å². The molecule has 8 N–H and O–H groups in total. The van der Waals surface area contributed by atoms with Crippen LogP contribution in [-0.2, 0) is 32.7 Å². The maximum absolute atomic E-state index is 12.5. The number of phosphoric acid groups is 1. The molecule has 3 heterocycles. The molecule has 3 aliphatic rings. The van der Waals surface area contributed by atoms with E-state index in [-0.39, 0.29) is 5.84 Å². The van der Waals surface area contributed by atoms with Crippen molar-refractivity contribution < 1.29 is 58.0 Å². The van der Waals surface area contributed by atoms with Crippen LogP contribution < -0.4 is 11.1 Å². The lowest BCUT2D eigenvalue weighted by molar-refractivity contribution is -0.266. The van der Waals surface area contributed by atoms with Crippen molar-refractivity contribution in [2.45, 2.75) is 67.8 Å². The van der Waals surface area contributed by atoms with Gasteiger partial charge in [0.25, 0.3) is 11.7 Å². The summed E-state index contributed by atoms with van der Waals surface area (Å²) in [6.45, 7) is 0.593. The Morgan fingerprint density at radius 2 is 2.06 bits per heavy atom. The molecule has 0 aromatic heterocycles. The molecule has 192 valence electrons. The summed E-state index contributed by atoms with van der Waals surface area (Å²) in [7, 11) is -3.66. The number of hydrogen-bond acceptors (Lipinski definition) is 13. The van der Waals surface area contributed by atoms with Gasteiger partial charge in [-0.3, -0.25) is 14.3 Å². The van der Waals surface area contributed by atoms with Gasteiger partial charge in [-0.1, -0.05) is 0 Å². The maximum Gasteiger partial charge on any atom is 0.475 e. The highest BCUT2D eigenvalue weighted by Gasteiger charge is 2.56. The number of carboxylic acid groups (broad SMARTS) is 1. The van der Waals surface area contributed by atoms with Crippen LogP contribution in [0.15, 0.2) is 9.98 Å². The second-order valence-corrected chi connectivity index (χ2v) is 9.42. The Balaban J connectivity index is 1.66. The first-order valence-corrected chi connectivity index (χ1v) is 11.7. The molecule has 0 saturated carbocycles. The fraction of sp³-hybridized carbons (Fsp3) is 0.765. The summed E-state index contributed by atoms with van der Waals surface area (Å²) in [5.74, 6) is -5.44. The number of phosphoric ester groups is 1. The van der Waals surface area contributed by atoms with E-state index >= 15 is 0 Å². The third-order valence-corrected chi connectivity index (χ3v) is 6.67. The van der Waals surface area contributed by atoms with E-state index in [0.29, 0.717) is 0 Å². The third kappa shape index (κ3) is 5.36. The molecular formula is C17H27N4O12P. The summed E-state index contributed by atoms with van der Waals surface area (Å²) in [6, 6.07) is -1.98. The van der Waals surface area contributed by atoms with E-state index in [1.54, 1.807) is 0 Å². The molecule has 3 rings (SSSR count). The van der Waals surface area contributed by atoms with Gasteiger partial charge in [-0.15, -0.1) is 0 Å². The number of nitrogens with zero attached hydrogens (tertiary/aromatic N) is 2. The summed E-state index contributed by atoms with van der Waals surface area (Å²) in [4.78, 5) is 41.3. The van der Waals surface area contributed by atoms with Crippen molar-refractivity contribution in [3.8, 4) is 0 Å². The Morgan fingerprint density at radius 1 is 1.38 bits per heavy atom. The van der Waals surface area contributed by atoms with E-state index in [1.165, 1.54) is 14.0 Å². The third-order valence-electron chi connectivity index (χ3n) is 5.67. The molecule has 10 atom stereocenters. The summed E-state index contributed by atoms with van der Waals surface area (Å²) < 4.78 is 32.9. The second kappa shape index (κ2) is 10.0. The highest BCUT2D eigenvalue weighted by atomic mass is 31.2. The molecule has 2 saturated heterocycles. The van der Waals surface area contributed by atoms with Gasteiger partial charge in [0, 0.05) is 6.42 Å². The number of amidine groups is 1. The summed E-state index contributed by atoms with van der Waals surface area (Å²) >= 11 is 0. The van der Waals surface area contributed by atoms with Gasteiger partial charge >= 0.3 is 13.8 Å². The number of likely N-dealkylation sites (N-methyl/N-ethyl adjacent to an activating group) is 1. The summed E-state index contributed by atoms with van der Waals surface area (Å²) in [5.41, 5.74) is 5.38. The molecule has 0 aromatic carbocycles. The van der Waals surface area contributed by atoms with E-state index in [2.05, 4.69) is 15.3 Å². The second-order valence-electron chi connectivity index (χ2n) is 8.04. The van der Waals surface area contributed by atoms with E-state index < -0.39 is 87.2 Å². The minimum Gasteiger partial charge on any atom is -0.477 e. The quantitative estimate of drug-likeness (QED) is 0.156. The number of ether oxygens (including phenoxy) is 2. The Hall–Kier alpha value is -1.85. The lowest BCUT2D eigenvalue weighted by Gasteiger charge is -2.43. The number of nitrogens with one attached hydrogen (secondary N) is 1. The Kier molecular flexibility index (Phi) is 7.89. The van der Waals surface area contributed by atoms with Crippen LogP contribution in [0.4, 0.5) is 0 Å². The number of aliphatic hydroxyl groups is 3. The number of carbonyl (C=O) groups excluding carboxylic acids is 1. The first kappa shape index (κ1) is 26.7.